The molecule has 3 aromatic rings. The summed E-state index contributed by atoms with van der Waals surface area (Å²) in [6.07, 6.45) is 3.21. The number of aryl methyl sites for hydroxylation is 2. The summed E-state index contributed by atoms with van der Waals surface area (Å²) in [5, 5.41) is 3.30. The predicted octanol–water partition coefficient (Wildman–Crippen LogP) is 1.79. The lowest BCUT2D eigenvalue weighted by molar-refractivity contribution is 0.102. The van der Waals surface area contributed by atoms with Crippen LogP contribution in [0, 0.1) is 6.92 Å². The number of rotatable bonds is 3. The second kappa shape index (κ2) is 7.09. The van der Waals surface area contributed by atoms with Crippen molar-refractivity contribution < 1.29 is 9.53 Å². The zero-order valence-corrected chi connectivity index (χ0v) is 15.9. The third-order valence-electron chi connectivity index (χ3n) is 4.58. The largest absolute Gasteiger partial charge is 0.378 e. The number of ether oxygens (including phenoxy) is 1. The molecule has 1 aliphatic rings. The molecule has 4 heterocycles. The highest BCUT2D eigenvalue weighted by Gasteiger charge is 2.19. The summed E-state index contributed by atoms with van der Waals surface area (Å²) in [7, 11) is 1.64. The Labute approximate surface area is 159 Å². The van der Waals surface area contributed by atoms with Gasteiger partial charge in [-0.25, -0.2) is 9.97 Å². The Balaban J connectivity index is 1.55. The molecule has 3 aromatic heterocycles. The number of pyridine rings is 1. The molecule has 0 radical (unpaired) electrons. The Morgan fingerprint density at radius 2 is 2.04 bits per heavy atom. The van der Waals surface area contributed by atoms with Crippen molar-refractivity contribution in [1.29, 1.82) is 0 Å². The minimum atomic E-state index is -0.288. The Hall–Kier alpha value is -2.78. The molecule has 1 fully saturated rings. The van der Waals surface area contributed by atoms with Gasteiger partial charge in [-0.05, 0) is 24.6 Å². The molecule has 1 aliphatic heterocycles. The molecule has 0 spiro atoms. The number of hydrogen-bond acceptors (Lipinski definition) is 7. The fraction of sp³-hybridized carbons (Fsp3) is 0.333. The molecule has 0 aromatic carbocycles. The summed E-state index contributed by atoms with van der Waals surface area (Å²) in [5.74, 6) is 0.180. The molecule has 8 nitrogen and oxygen atoms in total. The summed E-state index contributed by atoms with van der Waals surface area (Å²) in [6.45, 7) is 4.84. The van der Waals surface area contributed by atoms with Crippen LogP contribution in [-0.4, -0.2) is 46.7 Å². The predicted molar refractivity (Wildman–Crippen MR) is 105 cm³/mol. The summed E-state index contributed by atoms with van der Waals surface area (Å²) in [4.78, 5) is 36.8. The smallest absolute Gasteiger partial charge is 0.267 e. The van der Waals surface area contributed by atoms with Gasteiger partial charge in [0.25, 0.3) is 11.5 Å². The van der Waals surface area contributed by atoms with E-state index in [1.54, 1.807) is 26.2 Å². The highest BCUT2D eigenvalue weighted by atomic mass is 32.1. The molecule has 1 saturated heterocycles. The summed E-state index contributed by atoms with van der Waals surface area (Å²) in [6, 6.07) is 3.71. The summed E-state index contributed by atoms with van der Waals surface area (Å²) >= 11 is 1.21. The lowest BCUT2D eigenvalue weighted by Gasteiger charge is -2.28. The van der Waals surface area contributed by atoms with Crippen LogP contribution in [0.15, 0.2) is 29.5 Å². The zero-order valence-electron chi connectivity index (χ0n) is 15.1. The van der Waals surface area contributed by atoms with Crippen molar-refractivity contribution in [1.82, 2.24) is 14.5 Å². The number of aromatic nitrogens is 3. The lowest BCUT2D eigenvalue weighted by Crippen LogP contribution is -2.36. The van der Waals surface area contributed by atoms with E-state index in [0.717, 1.165) is 18.8 Å². The van der Waals surface area contributed by atoms with Crippen LogP contribution in [0.3, 0.4) is 0 Å². The number of carbonyl (C=O) groups is 1. The highest BCUT2D eigenvalue weighted by molar-refractivity contribution is 7.20. The second-order valence-corrected chi connectivity index (χ2v) is 7.35. The zero-order chi connectivity index (χ0) is 19.0. The molecular weight excluding hydrogens is 366 g/mol. The van der Waals surface area contributed by atoms with E-state index in [9.17, 15) is 9.59 Å². The molecular formula is C18H19N5O3S. The number of morpholine rings is 1. The van der Waals surface area contributed by atoms with E-state index in [2.05, 4.69) is 20.2 Å². The summed E-state index contributed by atoms with van der Waals surface area (Å²) < 4.78 is 6.76. The first-order valence-corrected chi connectivity index (χ1v) is 9.41. The topological polar surface area (TPSA) is 89.3 Å². The molecule has 0 unspecified atom stereocenters. The van der Waals surface area contributed by atoms with Gasteiger partial charge in [-0.1, -0.05) is 0 Å². The average Bonchev–Trinajstić information content (AvgIpc) is 3.03. The van der Waals surface area contributed by atoms with Gasteiger partial charge in [0, 0.05) is 20.1 Å². The van der Waals surface area contributed by atoms with Crippen LogP contribution in [0.1, 0.15) is 15.2 Å². The molecule has 140 valence electrons. The minimum absolute atomic E-state index is 0.152. The quantitative estimate of drug-likeness (QED) is 0.739. The molecule has 1 N–H and O–H groups in total. The van der Waals surface area contributed by atoms with E-state index in [1.165, 1.54) is 22.2 Å². The number of anilines is 2. The maximum absolute atomic E-state index is 12.7. The Kier molecular flexibility index (Phi) is 4.63. The fourth-order valence-electron chi connectivity index (χ4n) is 3.07. The van der Waals surface area contributed by atoms with E-state index < -0.39 is 0 Å². The van der Waals surface area contributed by atoms with Crippen molar-refractivity contribution in [3.05, 3.63) is 45.5 Å². The van der Waals surface area contributed by atoms with E-state index in [-0.39, 0.29) is 11.5 Å². The first kappa shape index (κ1) is 17.6. The maximum atomic E-state index is 12.7. The number of thiophene rings is 1. The van der Waals surface area contributed by atoms with Gasteiger partial charge < -0.3 is 19.5 Å². The first-order chi connectivity index (χ1) is 13.0. The molecule has 0 bridgehead atoms. The Morgan fingerprint density at radius 3 is 2.74 bits per heavy atom. The molecule has 0 saturated carbocycles. The number of nitrogens with one attached hydrogen (secondary N) is 1. The fourth-order valence-corrected chi connectivity index (χ4v) is 4.10. The van der Waals surface area contributed by atoms with Crippen LogP contribution >= 0.6 is 11.3 Å². The molecule has 1 amide bonds. The van der Waals surface area contributed by atoms with Crippen LogP contribution < -0.4 is 15.8 Å². The number of amides is 1. The van der Waals surface area contributed by atoms with E-state index in [0.29, 0.717) is 39.7 Å². The monoisotopic (exact) mass is 385 g/mol. The SMILES string of the molecule is Cc1c(C(=O)Nc2ccc(N3CCOCC3)cn2)sc2ncn(C)c(=O)c12. The van der Waals surface area contributed by atoms with Crippen LogP contribution in [-0.2, 0) is 11.8 Å². The van der Waals surface area contributed by atoms with Gasteiger partial charge in [0.2, 0.25) is 0 Å². The van der Waals surface area contributed by atoms with E-state index >= 15 is 0 Å². The van der Waals surface area contributed by atoms with Crippen molar-refractivity contribution in [2.24, 2.45) is 7.05 Å². The van der Waals surface area contributed by atoms with Gasteiger partial charge in [-0.15, -0.1) is 11.3 Å². The molecule has 9 heteroatoms. The van der Waals surface area contributed by atoms with Gasteiger partial charge in [0.05, 0.1) is 41.7 Å². The van der Waals surface area contributed by atoms with Gasteiger partial charge in [-0.2, -0.15) is 0 Å². The van der Waals surface area contributed by atoms with Crippen molar-refractivity contribution >= 4 is 39.0 Å². The van der Waals surface area contributed by atoms with Crippen molar-refractivity contribution in [3.8, 4) is 0 Å². The van der Waals surface area contributed by atoms with Crippen molar-refractivity contribution in [2.75, 3.05) is 36.5 Å². The van der Waals surface area contributed by atoms with Crippen LogP contribution in [0.4, 0.5) is 11.5 Å². The Morgan fingerprint density at radius 1 is 1.26 bits per heavy atom. The number of fused-ring (bicyclic) bond motifs is 1. The highest BCUT2D eigenvalue weighted by Crippen LogP contribution is 2.27. The van der Waals surface area contributed by atoms with Gasteiger partial charge >= 0.3 is 0 Å². The van der Waals surface area contributed by atoms with Crippen molar-refractivity contribution in [3.63, 3.8) is 0 Å². The average molecular weight is 385 g/mol. The van der Waals surface area contributed by atoms with E-state index in [1.807, 2.05) is 6.07 Å². The van der Waals surface area contributed by atoms with Gasteiger partial charge in [0.15, 0.2) is 0 Å². The third-order valence-corrected chi connectivity index (χ3v) is 5.78. The van der Waals surface area contributed by atoms with Crippen LogP contribution in [0.2, 0.25) is 0 Å². The first-order valence-electron chi connectivity index (χ1n) is 8.59. The number of nitrogens with zero attached hydrogens (tertiary/aromatic N) is 4. The maximum Gasteiger partial charge on any atom is 0.267 e. The van der Waals surface area contributed by atoms with Gasteiger partial charge in [0.1, 0.15) is 10.6 Å². The minimum Gasteiger partial charge on any atom is -0.378 e. The second-order valence-electron chi connectivity index (χ2n) is 6.35. The lowest BCUT2D eigenvalue weighted by atomic mass is 10.2. The van der Waals surface area contributed by atoms with Crippen molar-refractivity contribution in [2.45, 2.75) is 6.92 Å². The van der Waals surface area contributed by atoms with E-state index in [4.69, 9.17) is 4.74 Å². The van der Waals surface area contributed by atoms with Crippen LogP contribution in [0.5, 0.6) is 0 Å². The molecule has 0 aliphatic carbocycles. The summed E-state index contributed by atoms with van der Waals surface area (Å²) in [5.41, 5.74) is 1.49. The normalized spacial score (nSPS) is 14.5. The standard InChI is InChI=1S/C18H19N5O3S/c1-11-14-17(20-10-22(2)18(14)25)27-15(11)16(24)21-13-4-3-12(9-19-13)23-5-7-26-8-6-23/h3-4,9-10H,5-8H2,1-2H3,(H,19,21,24). The number of hydrogen-bond donors (Lipinski definition) is 1. The molecule has 0 atom stereocenters. The van der Waals surface area contributed by atoms with Gasteiger partial charge in [-0.3, -0.25) is 9.59 Å². The Bertz CT molecular complexity index is 1050. The third kappa shape index (κ3) is 3.31. The molecule has 4 rings (SSSR count). The molecule has 27 heavy (non-hydrogen) atoms. The van der Waals surface area contributed by atoms with Crippen LogP contribution in [0.25, 0.3) is 10.2 Å². The number of carbonyl (C=O) groups excluding carboxylic acids is 1.